The van der Waals surface area contributed by atoms with E-state index in [2.05, 4.69) is 5.16 Å². The van der Waals surface area contributed by atoms with Crippen molar-refractivity contribution < 1.29 is 24.3 Å². The molecule has 2 amide bonds. The van der Waals surface area contributed by atoms with Crippen molar-refractivity contribution in [3.63, 3.8) is 0 Å². The predicted molar refractivity (Wildman–Crippen MR) is 113 cm³/mol. The fraction of sp³-hybridized carbons (Fsp3) is 0.261. The zero-order valence-corrected chi connectivity index (χ0v) is 16.8. The van der Waals surface area contributed by atoms with Crippen molar-refractivity contribution in [3.8, 4) is 34.1 Å². The summed E-state index contributed by atoms with van der Waals surface area (Å²) in [7, 11) is 0. The maximum absolute atomic E-state index is 12.6. The van der Waals surface area contributed by atoms with Crippen molar-refractivity contribution in [1.82, 2.24) is 10.1 Å². The van der Waals surface area contributed by atoms with Gasteiger partial charge in [-0.05, 0) is 61.4 Å². The molecule has 1 aliphatic rings. The van der Waals surface area contributed by atoms with E-state index in [4.69, 9.17) is 10.3 Å². The number of hydrogen-bond acceptors (Lipinski definition) is 6. The van der Waals surface area contributed by atoms with Crippen LogP contribution >= 0.6 is 0 Å². The minimum absolute atomic E-state index is 0.00369. The topological polar surface area (TPSA) is 130 Å². The summed E-state index contributed by atoms with van der Waals surface area (Å²) in [6.45, 7) is 0.567. The zero-order chi connectivity index (χ0) is 22.0. The van der Waals surface area contributed by atoms with Gasteiger partial charge in [0.15, 0.2) is 5.76 Å². The lowest BCUT2D eigenvalue weighted by atomic mass is 9.92. The van der Waals surface area contributed by atoms with Crippen LogP contribution in [0.3, 0.4) is 0 Å². The molecule has 2 aromatic carbocycles. The third kappa shape index (κ3) is 4.23. The third-order valence-corrected chi connectivity index (χ3v) is 5.48. The van der Waals surface area contributed by atoms with Gasteiger partial charge >= 0.3 is 0 Å². The molecule has 0 radical (unpaired) electrons. The Morgan fingerprint density at radius 2 is 1.68 bits per heavy atom. The number of carbonyl (C=O) groups excluding carboxylic acids is 2. The quantitative estimate of drug-likeness (QED) is 0.536. The average molecular weight is 421 g/mol. The van der Waals surface area contributed by atoms with E-state index in [9.17, 15) is 19.8 Å². The number of nitrogens with two attached hydrogens (primary N) is 1. The molecule has 1 fully saturated rings. The normalized spacial score (nSPS) is 14.7. The number of amides is 2. The van der Waals surface area contributed by atoms with Gasteiger partial charge in [-0.2, -0.15) is 0 Å². The fourth-order valence-electron chi connectivity index (χ4n) is 3.99. The van der Waals surface area contributed by atoms with Gasteiger partial charge in [-0.1, -0.05) is 5.16 Å². The number of phenols is 2. The number of benzene rings is 2. The van der Waals surface area contributed by atoms with E-state index in [0.29, 0.717) is 47.5 Å². The highest BCUT2D eigenvalue weighted by molar-refractivity contribution is 5.81. The number of rotatable bonds is 7. The second-order valence-electron chi connectivity index (χ2n) is 7.58. The van der Waals surface area contributed by atoms with Crippen LogP contribution in [0.25, 0.3) is 22.6 Å². The number of phenolic OH excluding ortho intramolecular Hbond substituents is 2. The molecule has 2 heterocycles. The number of likely N-dealkylation sites (tertiary alicyclic amines) is 1. The molecule has 4 rings (SSSR count). The zero-order valence-electron chi connectivity index (χ0n) is 16.8. The number of aromatic hydroxyl groups is 2. The predicted octanol–water partition coefficient (Wildman–Crippen LogP) is 3.35. The molecular formula is C23H23N3O5. The van der Waals surface area contributed by atoms with Gasteiger partial charge in [0.25, 0.3) is 0 Å². The minimum atomic E-state index is -0.457. The second kappa shape index (κ2) is 8.51. The summed E-state index contributed by atoms with van der Waals surface area (Å²) in [5, 5.41) is 23.6. The number of nitrogens with zero attached hydrogens (tertiary/aromatic N) is 2. The van der Waals surface area contributed by atoms with E-state index in [1.807, 2.05) is 0 Å². The Balaban J connectivity index is 1.88. The van der Waals surface area contributed by atoms with Crippen LogP contribution in [0, 0.1) is 0 Å². The summed E-state index contributed by atoms with van der Waals surface area (Å²) in [5.74, 6) is 0.239. The van der Waals surface area contributed by atoms with Crippen LogP contribution < -0.4 is 5.73 Å². The molecule has 8 heteroatoms. The molecule has 4 N–H and O–H groups in total. The molecule has 0 bridgehead atoms. The summed E-state index contributed by atoms with van der Waals surface area (Å²) in [6, 6.07) is 12.6. The highest BCUT2D eigenvalue weighted by Gasteiger charge is 2.35. The highest BCUT2D eigenvalue weighted by Crippen LogP contribution is 2.42. The van der Waals surface area contributed by atoms with Crippen LogP contribution in [0.15, 0.2) is 53.1 Å². The first-order chi connectivity index (χ1) is 14.9. The highest BCUT2D eigenvalue weighted by atomic mass is 16.5. The van der Waals surface area contributed by atoms with Gasteiger partial charge in [0, 0.05) is 30.5 Å². The molecule has 0 aliphatic carbocycles. The summed E-state index contributed by atoms with van der Waals surface area (Å²) in [4.78, 5) is 26.0. The standard InChI is InChI=1S/C23H23N3O5/c24-19(29)12-11-18(26-13-1-2-20(26)30)21-22(14-3-7-16(27)8-4-14)25-31-23(21)15-5-9-17(28)10-6-15/h3-10,18,27-28H,1-2,11-13H2,(H2,24,29). The average Bonchev–Trinajstić information content (AvgIpc) is 3.37. The SMILES string of the molecule is NC(=O)CCC(c1c(-c2ccc(O)cc2)noc1-c1ccc(O)cc1)N1CCCC1=O. The maximum Gasteiger partial charge on any atom is 0.223 e. The number of primary amides is 1. The smallest absolute Gasteiger partial charge is 0.223 e. The van der Waals surface area contributed by atoms with Crippen molar-refractivity contribution in [1.29, 1.82) is 0 Å². The van der Waals surface area contributed by atoms with Crippen LogP contribution in [0.5, 0.6) is 11.5 Å². The number of aromatic nitrogens is 1. The first-order valence-corrected chi connectivity index (χ1v) is 10.1. The van der Waals surface area contributed by atoms with Crippen molar-refractivity contribution in [3.05, 3.63) is 54.1 Å². The molecule has 1 aromatic heterocycles. The summed E-state index contributed by atoms with van der Waals surface area (Å²) < 4.78 is 5.74. The molecule has 31 heavy (non-hydrogen) atoms. The van der Waals surface area contributed by atoms with Crippen molar-refractivity contribution in [2.45, 2.75) is 31.7 Å². The molecule has 160 valence electrons. The Morgan fingerprint density at radius 3 is 2.23 bits per heavy atom. The third-order valence-electron chi connectivity index (χ3n) is 5.48. The molecule has 8 nitrogen and oxygen atoms in total. The number of hydrogen-bond donors (Lipinski definition) is 3. The van der Waals surface area contributed by atoms with E-state index >= 15 is 0 Å². The lowest BCUT2D eigenvalue weighted by molar-refractivity contribution is -0.130. The Bertz CT molecular complexity index is 1030. The van der Waals surface area contributed by atoms with E-state index in [1.165, 1.54) is 0 Å². The number of carbonyl (C=O) groups is 2. The van der Waals surface area contributed by atoms with E-state index in [0.717, 1.165) is 6.42 Å². The largest absolute Gasteiger partial charge is 0.508 e. The maximum atomic E-state index is 12.6. The van der Waals surface area contributed by atoms with E-state index < -0.39 is 11.9 Å². The second-order valence-corrected chi connectivity index (χ2v) is 7.58. The van der Waals surface area contributed by atoms with Gasteiger partial charge in [0.2, 0.25) is 11.8 Å². The lowest BCUT2D eigenvalue weighted by Crippen LogP contribution is -2.31. The monoisotopic (exact) mass is 421 g/mol. The Hall–Kier alpha value is -3.81. The van der Waals surface area contributed by atoms with Crippen LogP contribution in [0.1, 0.15) is 37.3 Å². The molecule has 3 aromatic rings. The fourth-order valence-corrected chi connectivity index (χ4v) is 3.99. The summed E-state index contributed by atoms with van der Waals surface area (Å²) in [5.41, 5.74) is 8.01. The summed E-state index contributed by atoms with van der Waals surface area (Å²) in [6.07, 6.45) is 1.61. The van der Waals surface area contributed by atoms with Gasteiger partial charge < -0.3 is 25.4 Å². The Kier molecular flexibility index (Phi) is 5.62. The van der Waals surface area contributed by atoms with Crippen molar-refractivity contribution in [2.75, 3.05) is 6.54 Å². The van der Waals surface area contributed by atoms with Gasteiger partial charge in [0.1, 0.15) is 17.2 Å². The first kappa shape index (κ1) is 20.5. The Morgan fingerprint density at radius 1 is 1.06 bits per heavy atom. The van der Waals surface area contributed by atoms with Crippen LogP contribution in [0.4, 0.5) is 0 Å². The van der Waals surface area contributed by atoms with Crippen LogP contribution in [0.2, 0.25) is 0 Å². The van der Waals surface area contributed by atoms with Crippen molar-refractivity contribution in [2.24, 2.45) is 5.73 Å². The molecule has 1 saturated heterocycles. The van der Waals surface area contributed by atoms with E-state index in [-0.39, 0.29) is 23.8 Å². The Labute approximate surface area is 178 Å². The van der Waals surface area contributed by atoms with Crippen molar-refractivity contribution >= 4 is 11.8 Å². The molecule has 0 spiro atoms. The van der Waals surface area contributed by atoms with Crippen LogP contribution in [-0.4, -0.2) is 38.6 Å². The first-order valence-electron chi connectivity index (χ1n) is 10.1. The molecule has 1 unspecified atom stereocenters. The van der Waals surface area contributed by atoms with Gasteiger partial charge in [-0.3, -0.25) is 9.59 Å². The van der Waals surface area contributed by atoms with Gasteiger partial charge in [-0.25, -0.2) is 0 Å². The molecule has 0 saturated carbocycles. The summed E-state index contributed by atoms with van der Waals surface area (Å²) >= 11 is 0. The molecular weight excluding hydrogens is 398 g/mol. The molecule has 1 aliphatic heterocycles. The van der Waals surface area contributed by atoms with Gasteiger partial charge in [-0.15, -0.1) is 0 Å². The van der Waals surface area contributed by atoms with Crippen LogP contribution in [-0.2, 0) is 9.59 Å². The molecule has 1 atom stereocenters. The van der Waals surface area contributed by atoms with Gasteiger partial charge in [0.05, 0.1) is 11.6 Å². The lowest BCUT2D eigenvalue weighted by Gasteiger charge is -2.28. The minimum Gasteiger partial charge on any atom is -0.508 e. The van der Waals surface area contributed by atoms with E-state index in [1.54, 1.807) is 53.4 Å².